The number of amides is 2. The molecule has 1 aliphatic rings. The van der Waals surface area contributed by atoms with Crippen molar-refractivity contribution in [3.8, 4) is 0 Å². The number of hydrogen-bond acceptors (Lipinski definition) is 6. The van der Waals surface area contributed by atoms with Crippen LogP contribution in [0.15, 0.2) is 42.9 Å². The quantitative estimate of drug-likeness (QED) is 0.795. The Balaban J connectivity index is 1.51. The van der Waals surface area contributed by atoms with Gasteiger partial charge in [0, 0.05) is 50.0 Å². The normalized spacial score (nSPS) is 14.4. The molecule has 1 saturated heterocycles. The van der Waals surface area contributed by atoms with Gasteiger partial charge in [-0.1, -0.05) is 0 Å². The molecule has 3 rings (SSSR count). The van der Waals surface area contributed by atoms with Gasteiger partial charge in [0.2, 0.25) is 0 Å². The van der Waals surface area contributed by atoms with Gasteiger partial charge in [0.05, 0.1) is 6.61 Å². The van der Waals surface area contributed by atoms with Crippen LogP contribution in [0, 0.1) is 0 Å². The molecule has 0 saturated carbocycles. The fraction of sp³-hybridized carbons (Fsp3) is 0.400. The van der Waals surface area contributed by atoms with Crippen molar-refractivity contribution >= 4 is 17.7 Å². The topological polar surface area (TPSA) is 96.5 Å². The largest absolute Gasteiger partial charge is 0.450 e. The number of nitrogens with zero attached hydrogens (tertiary/aromatic N) is 3. The fourth-order valence-electron chi connectivity index (χ4n) is 3.07. The predicted molar refractivity (Wildman–Crippen MR) is 105 cm³/mol. The van der Waals surface area contributed by atoms with E-state index in [1.165, 1.54) is 0 Å². The van der Waals surface area contributed by atoms with Crippen molar-refractivity contribution in [2.24, 2.45) is 0 Å². The summed E-state index contributed by atoms with van der Waals surface area (Å²) in [6.45, 7) is 3.93. The number of carbonyl (C=O) groups is 2. The number of pyridine rings is 2. The number of piperidine rings is 1. The lowest BCUT2D eigenvalue weighted by molar-refractivity contribution is 0.0943. The molecule has 1 fully saturated rings. The van der Waals surface area contributed by atoms with Crippen molar-refractivity contribution in [3.05, 3.63) is 54.1 Å². The van der Waals surface area contributed by atoms with Crippen molar-refractivity contribution in [2.45, 2.75) is 32.4 Å². The summed E-state index contributed by atoms with van der Waals surface area (Å²) < 4.78 is 5.04. The van der Waals surface area contributed by atoms with Crippen LogP contribution in [0.1, 0.15) is 35.8 Å². The van der Waals surface area contributed by atoms with Gasteiger partial charge in [-0.15, -0.1) is 0 Å². The molecule has 2 aromatic rings. The fourth-order valence-corrected chi connectivity index (χ4v) is 3.07. The van der Waals surface area contributed by atoms with Gasteiger partial charge in [-0.25, -0.2) is 4.79 Å². The number of nitrogens with one attached hydrogen (secondary N) is 2. The Hall–Kier alpha value is -3.16. The second kappa shape index (κ2) is 9.68. The van der Waals surface area contributed by atoms with E-state index in [0.29, 0.717) is 31.9 Å². The lowest BCUT2D eigenvalue weighted by atomic mass is 10.1. The van der Waals surface area contributed by atoms with Crippen LogP contribution in [0.2, 0.25) is 0 Å². The number of ether oxygens (including phenoxy) is 1. The third-order valence-electron chi connectivity index (χ3n) is 4.59. The molecule has 0 unspecified atom stereocenters. The van der Waals surface area contributed by atoms with Gasteiger partial charge in [-0.2, -0.15) is 0 Å². The van der Waals surface area contributed by atoms with E-state index >= 15 is 0 Å². The van der Waals surface area contributed by atoms with Crippen molar-refractivity contribution in [3.63, 3.8) is 0 Å². The summed E-state index contributed by atoms with van der Waals surface area (Å²) in [6.07, 6.45) is 6.40. The van der Waals surface area contributed by atoms with E-state index in [4.69, 9.17) is 4.74 Å². The highest BCUT2D eigenvalue weighted by Gasteiger charge is 2.23. The number of rotatable bonds is 6. The van der Waals surface area contributed by atoms with Crippen LogP contribution < -0.4 is 10.6 Å². The molecule has 8 heteroatoms. The summed E-state index contributed by atoms with van der Waals surface area (Å²) in [5, 5.41) is 6.30. The third kappa shape index (κ3) is 5.42. The Morgan fingerprint density at radius 3 is 2.64 bits per heavy atom. The number of likely N-dealkylation sites (tertiary alicyclic amines) is 1. The number of carbonyl (C=O) groups excluding carboxylic acids is 2. The summed E-state index contributed by atoms with van der Waals surface area (Å²) in [6, 6.07) is 7.54. The van der Waals surface area contributed by atoms with Crippen molar-refractivity contribution in [1.82, 2.24) is 20.2 Å². The molecule has 2 amide bonds. The van der Waals surface area contributed by atoms with Gasteiger partial charge < -0.3 is 20.3 Å². The van der Waals surface area contributed by atoms with Crippen LogP contribution in [0.25, 0.3) is 0 Å². The maximum atomic E-state index is 12.4. The van der Waals surface area contributed by atoms with Gasteiger partial charge in [-0.3, -0.25) is 14.8 Å². The molecule has 0 aliphatic carbocycles. The Morgan fingerprint density at radius 2 is 1.93 bits per heavy atom. The van der Waals surface area contributed by atoms with Gasteiger partial charge in [0.1, 0.15) is 5.69 Å². The molecule has 0 bridgehead atoms. The van der Waals surface area contributed by atoms with Crippen LogP contribution in [-0.4, -0.2) is 52.6 Å². The lowest BCUT2D eigenvalue weighted by Gasteiger charge is -2.32. The lowest BCUT2D eigenvalue weighted by Crippen LogP contribution is -2.42. The number of hydrogen-bond donors (Lipinski definition) is 2. The summed E-state index contributed by atoms with van der Waals surface area (Å²) in [7, 11) is 0. The molecule has 1 aliphatic heterocycles. The zero-order valence-corrected chi connectivity index (χ0v) is 15.9. The van der Waals surface area contributed by atoms with E-state index in [0.717, 1.165) is 24.1 Å². The SMILES string of the molecule is CCOC(=O)N1CCC(Nc2ccnc(C(=O)NCc3ccncc3)c2)CC1. The van der Waals surface area contributed by atoms with Crippen LogP contribution >= 0.6 is 0 Å². The first-order chi connectivity index (χ1) is 13.7. The Bertz CT molecular complexity index is 791. The highest BCUT2D eigenvalue weighted by molar-refractivity contribution is 5.93. The van der Waals surface area contributed by atoms with E-state index in [-0.39, 0.29) is 18.0 Å². The smallest absolute Gasteiger partial charge is 0.409 e. The zero-order valence-electron chi connectivity index (χ0n) is 15.9. The maximum absolute atomic E-state index is 12.4. The van der Waals surface area contributed by atoms with E-state index in [2.05, 4.69) is 20.6 Å². The Labute approximate surface area is 164 Å². The summed E-state index contributed by atoms with van der Waals surface area (Å²) in [5.74, 6) is -0.224. The third-order valence-corrected chi connectivity index (χ3v) is 4.59. The standard InChI is InChI=1S/C20H25N5O3/c1-2-28-20(27)25-11-6-16(7-12-25)24-17-5-10-22-18(13-17)19(26)23-14-15-3-8-21-9-4-15/h3-5,8-10,13,16H,2,6-7,11-12,14H2,1H3,(H,22,24)(H,23,26). The van der Waals surface area contributed by atoms with Crippen molar-refractivity contribution in [2.75, 3.05) is 25.0 Å². The minimum absolute atomic E-state index is 0.224. The highest BCUT2D eigenvalue weighted by Crippen LogP contribution is 2.17. The van der Waals surface area contributed by atoms with Gasteiger partial charge >= 0.3 is 6.09 Å². The predicted octanol–water partition coefficient (Wildman–Crippen LogP) is 2.44. The van der Waals surface area contributed by atoms with Crippen LogP contribution in [0.4, 0.5) is 10.5 Å². The second-order valence-corrected chi connectivity index (χ2v) is 6.57. The van der Waals surface area contributed by atoms with E-state index in [1.807, 2.05) is 18.2 Å². The molecule has 3 heterocycles. The molecule has 0 atom stereocenters. The monoisotopic (exact) mass is 383 g/mol. The molecular weight excluding hydrogens is 358 g/mol. The van der Waals surface area contributed by atoms with E-state index < -0.39 is 0 Å². The van der Waals surface area contributed by atoms with Gasteiger partial charge in [-0.05, 0) is 49.6 Å². The first-order valence-corrected chi connectivity index (χ1v) is 9.47. The molecule has 0 aromatic carbocycles. The molecule has 2 aromatic heterocycles. The van der Waals surface area contributed by atoms with Crippen LogP contribution in [0.3, 0.4) is 0 Å². The van der Waals surface area contributed by atoms with E-state index in [9.17, 15) is 9.59 Å². The van der Waals surface area contributed by atoms with Crippen LogP contribution in [0.5, 0.6) is 0 Å². The van der Waals surface area contributed by atoms with E-state index in [1.54, 1.807) is 36.5 Å². The molecular formula is C20H25N5O3. The second-order valence-electron chi connectivity index (χ2n) is 6.57. The molecule has 0 radical (unpaired) electrons. The van der Waals surface area contributed by atoms with Gasteiger partial charge in [0.15, 0.2) is 0 Å². The van der Waals surface area contributed by atoms with Crippen LogP contribution in [-0.2, 0) is 11.3 Å². The minimum Gasteiger partial charge on any atom is -0.450 e. The maximum Gasteiger partial charge on any atom is 0.409 e. The molecule has 8 nitrogen and oxygen atoms in total. The highest BCUT2D eigenvalue weighted by atomic mass is 16.6. The molecule has 2 N–H and O–H groups in total. The zero-order chi connectivity index (χ0) is 19.8. The molecule has 0 spiro atoms. The number of aromatic nitrogens is 2. The van der Waals surface area contributed by atoms with Crippen molar-refractivity contribution < 1.29 is 14.3 Å². The summed E-state index contributed by atoms with van der Waals surface area (Å²) >= 11 is 0. The Morgan fingerprint density at radius 1 is 1.18 bits per heavy atom. The molecule has 28 heavy (non-hydrogen) atoms. The first-order valence-electron chi connectivity index (χ1n) is 9.47. The average Bonchev–Trinajstić information content (AvgIpc) is 2.73. The number of anilines is 1. The molecule has 148 valence electrons. The van der Waals surface area contributed by atoms with Crippen molar-refractivity contribution in [1.29, 1.82) is 0 Å². The average molecular weight is 383 g/mol. The van der Waals surface area contributed by atoms with Gasteiger partial charge in [0.25, 0.3) is 5.91 Å². The first kappa shape index (κ1) is 19.6. The minimum atomic E-state index is -0.252. The summed E-state index contributed by atoms with van der Waals surface area (Å²) in [4.78, 5) is 34.0. The summed E-state index contributed by atoms with van der Waals surface area (Å²) in [5.41, 5.74) is 2.19. The Kier molecular flexibility index (Phi) is 6.78.